The van der Waals surface area contributed by atoms with Crippen molar-refractivity contribution in [2.24, 2.45) is 5.92 Å². The molecule has 1 aliphatic heterocycles. The average molecular weight is 342 g/mol. The summed E-state index contributed by atoms with van der Waals surface area (Å²) in [4.78, 5) is 0. The van der Waals surface area contributed by atoms with E-state index < -0.39 is 0 Å². The Morgan fingerprint density at radius 2 is 2.30 bits per heavy atom. The van der Waals surface area contributed by atoms with E-state index in [2.05, 4.69) is 46.4 Å². The fourth-order valence-electron chi connectivity index (χ4n) is 2.67. The number of halogens is 1. The van der Waals surface area contributed by atoms with E-state index in [1.807, 2.05) is 0 Å². The number of rotatable bonds is 6. The normalized spacial score (nSPS) is 22.9. The van der Waals surface area contributed by atoms with Gasteiger partial charge in [0, 0.05) is 37.2 Å². The van der Waals surface area contributed by atoms with Crippen LogP contribution in [0.25, 0.3) is 0 Å². The zero-order chi connectivity index (χ0) is 14.4. The van der Waals surface area contributed by atoms with Crippen LogP contribution in [0.2, 0.25) is 0 Å². The third-order valence-electron chi connectivity index (χ3n) is 3.86. The Kier molecular flexibility index (Phi) is 6.49. The van der Waals surface area contributed by atoms with Gasteiger partial charge in [-0.15, -0.1) is 0 Å². The third kappa shape index (κ3) is 4.29. The summed E-state index contributed by atoms with van der Waals surface area (Å²) in [5.41, 5.74) is 2.54. The second-order valence-corrected chi connectivity index (χ2v) is 6.25. The van der Waals surface area contributed by atoms with Crippen molar-refractivity contribution < 1.29 is 9.47 Å². The van der Waals surface area contributed by atoms with E-state index in [0.29, 0.717) is 5.92 Å². The molecule has 1 aromatic carbocycles. The van der Waals surface area contributed by atoms with E-state index in [4.69, 9.17) is 9.47 Å². The quantitative estimate of drug-likeness (QED) is 0.803. The lowest BCUT2D eigenvalue weighted by molar-refractivity contribution is -0.0280. The summed E-state index contributed by atoms with van der Waals surface area (Å²) < 4.78 is 12.3. The fourth-order valence-corrected chi connectivity index (χ4v) is 3.07. The van der Waals surface area contributed by atoms with Gasteiger partial charge in [-0.2, -0.15) is 0 Å². The summed E-state index contributed by atoms with van der Waals surface area (Å²) in [5.74, 6) is 0.537. The molecule has 1 heterocycles. The molecule has 0 aliphatic carbocycles. The molecular formula is C16H24BrNO2. The Labute approximate surface area is 130 Å². The lowest BCUT2D eigenvalue weighted by Gasteiger charge is -2.32. The maximum absolute atomic E-state index is 6.04. The summed E-state index contributed by atoms with van der Waals surface area (Å²) in [6.07, 6.45) is 2.58. The molecule has 0 amide bonds. The van der Waals surface area contributed by atoms with Crippen molar-refractivity contribution in [2.75, 3.05) is 33.4 Å². The molecule has 1 saturated heterocycles. The van der Waals surface area contributed by atoms with Crippen molar-refractivity contribution in [3.05, 3.63) is 33.8 Å². The number of hydrogen-bond donors (Lipinski definition) is 1. The van der Waals surface area contributed by atoms with Crippen molar-refractivity contribution in [1.29, 1.82) is 0 Å². The van der Waals surface area contributed by atoms with Crippen molar-refractivity contribution in [3.8, 4) is 0 Å². The van der Waals surface area contributed by atoms with Crippen LogP contribution in [0.15, 0.2) is 22.7 Å². The molecule has 1 N–H and O–H groups in total. The number of ether oxygens (including phenoxy) is 2. The average Bonchev–Trinajstić information content (AvgIpc) is 2.47. The van der Waals surface area contributed by atoms with Crippen LogP contribution in [0.5, 0.6) is 0 Å². The molecule has 1 aliphatic rings. The van der Waals surface area contributed by atoms with E-state index in [9.17, 15) is 0 Å². The minimum Gasteiger partial charge on any atom is -0.383 e. The summed E-state index contributed by atoms with van der Waals surface area (Å²) in [6, 6.07) is 6.55. The number of nitrogens with one attached hydrogen (secondary N) is 1. The molecule has 0 aromatic heterocycles. The van der Waals surface area contributed by atoms with Gasteiger partial charge in [-0.1, -0.05) is 28.1 Å². The van der Waals surface area contributed by atoms with E-state index in [-0.39, 0.29) is 6.10 Å². The monoisotopic (exact) mass is 341 g/mol. The van der Waals surface area contributed by atoms with Crippen LogP contribution in [0.1, 0.15) is 30.1 Å². The van der Waals surface area contributed by atoms with Gasteiger partial charge in [-0.3, -0.25) is 0 Å². The van der Waals surface area contributed by atoms with Gasteiger partial charge in [0.25, 0.3) is 0 Å². The zero-order valence-corrected chi connectivity index (χ0v) is 13.9. The highest BCUT2D eigenvalue weighted by molar-refractivity contribution is 9.10. The second-order valence-electron chi connectivity index (χ2n) is 5.40. The van der Waals surface area contributed by atoms with E-state index in [1.54, 1.807) is 7.11 Å². The molecule has 0 spiro atoms. The minimum atomic E-state index is 0.204. The van der Waals surface area contributed by atoms with Crippen molar-refractivity contribution >= 4 is 15.9 Å². The molecule has 0 radical (unpaired) electrons. The van der Waals surface area contributed by atoms with Crippen LogP contribution in [0.4, 0.5) is 0 Å². The summed E-state index contributed by atoms with van der Waals surface area (Å²) >= 11 is 3.62. The predicted molar refractivity (Wildman–Crippen MR) is 85.0 cm³/mol. The molecular weight excluding hydrogens is 318 g/mol. The van der Waals surface area contributed by atoms with E-state index >= 15 is 0 Å². The molecule has 0 bridgehead atoms. The van der Waals surface area contributed by atoms with Gasteiger partial charge in [0.05, 0.1) is 12.7 Å². The number of methoxy groups -OCH3 is 1. The Bertz CT molecular complexity index is 425. The molecule has 112 valence electrons. The highest BCUT2D eigenvalue weighted by Crippen LogP contribution is 2.34. The molecule has 2 unspecified atom stereocenters. The van der Waals surface area contributed by atoms with Crippen LogP contribution in [0.3, 0.4) is 0 Å². The zero-order valence-electron chi connectivity index (χ0n) is 12.3. The van der Waals surface area contributed by atoms with Gasteiger partial charge in [0.1, 0.15) is 0 Å². The van der Waals surface area contributed by atoms with Crippen molar-refractivity contribution in [2.45, 2.75) is 25.9 Å². The molecule has 20 heavy (non-hydrogen) atoms. The van der Waals surface area contributed by atoms with E-state index in [1.165, 1.54) is 17.5 Å². The van der Waals surface area contributed by atoms with Crippen molar-refractivity contribution in [1.82, 2.24) is 5.32 Å². The smallest absolute Gasteiger partial charge is 0.0865 e. The van der Waals surface area contributed by atoms with Gasteiger partial charge >= 0.3 is 0 Å². The standard InChI is InChI=1S/C16H24BrNO2/c1-12-5-6-13(10-15(12)17)16-14(4-3-8-20-16)11-18-7-9-19-2/h5-6,10,14,16,18H,3-4,7-9,11H2,1-2H3. The molecule has 2 atom stereocenters. The predicted octanol–water partition coefficient (Wildman–Crippen LogP) is 3.46. The van der Waals surface area contributed by atoms with Gasteiger partial charge < -0.3 is 14.8 Å². The van der Waals surface area contributed by atoms with Gasteiger partial charge in [0.2, 0.25) is 0 Å². The first-order chi connectivity index (χ1) is 9.72. The van der Waals surface area contributed by atoms with Crippen molar-refractivity contribution in [3.63, 3.8) is 0 Å². The molecule has 1 fully saturated rings. The highest BCUT2D eigenvalue weighted by Gasteiger charge is 2.27. The SMILES string of the molecule is COCCNCC1CCCOC1c1ccc(C)c(Br)c1. The Balaban J connectivity index is 2.00. The second kappa shape index (κ2) is 8.13. The topological polar surface area (TPSA) is 30.5 Å². The molecule has 3 nitrogen and oxygen atoms in total. The Morgan fingerprint density at radius 3 is 3.05 bits per heavy atom. The summed E-state index contributed by atoms with van der Waals surface area (Å²) in [5, 5.41) is 3.47. The van der Waals surface area contributed by atoms with Gasteiger partial charge in [-0.25, -0.2) is 0 Å². The van der Waals surface area contributed by atoms with Crippen LogP contribution in [-0.4, -0.2) is 33.4 Å². The van der Waals surface area contributed by atoms with Crippen LogP contribution in [-0.2, 0) is 9.47 Å². The first-order valence-electron chi connectivity index (χ1n) is 7.29. The number of benzene rings is 1. The lowest BCUT2D eigenvalue weighted by atomic mass is 9.89. The molecule has 1 aromatic rings. The Hall–Kier alpha value is -0.420. The molecule has 2 rings (SSSR count). The number of hydrogen-bond acceptors (Lipinski definition) is 3. The van der Waals surface area contributed by atoms with Crippen LogP contribution < -0.4 is 5.32 Å². The maximum Gasteiger partial charge on any atom is 0.0865 e. The number of aryl methyl sites for hydroxylation is 1. The highest BCUT2D eigenvalue weighted by atomic mass is 79.9. The minimum absolute atomic E-state index is 0.204. The Morgan fingerprint density at radius 1 is 1.45 bits per heavy atom. The first-order valence-corrected chi connectivity index (χ1v) is 8.09. The maximum atomic E-state index is 6.04. The summed E-state index contributed by atoms with van der Waals surface area (Å²) in [6.45, 7) is 5.62. The molecule has 4 heteroatoms. The third-order valence-corrected chi connectivity index (χ3v) is 4.71. The van der Waals surface area contributed by atoms with Crippen LogP contribution >= 0.6 is 15.9 Å². The first kappa shape index (κ1) is 16.0. The molecule has 0 saturated carbocycles. The largest absolute Gasteiger partial charge is 0.383 e. The summed E-state index contributed by atoms with van der Waals surface area (Å²) in [7, 11) is 1.73. The fraction of sp³-hybridized carbons (Fsp3) is 0.625. The van der Waals surface area contributed by atoms with Gasteiger partial charge in [-0.05, 0) is 37.0 Å². The van der Waals surface area contributed by atoms with E-state index in [0.717, 1.165) is 37.2 Å². The van der Waals surface area contributed by atoms with Gasteiger partial charge in [0.15, 0.2) is 0 Å². The van der Waals surface area contributed by atoms with Crippen LogP contribution in [0, 0.1) is 12.8 Å². The lowest BCUT2D eigenvalue weighted by Crippen LogP contribution is -2.33.